The van der Waals surface area contributed by atoms with Gasteiger partial charge in [0.15, 0.2) is 0 Å². The van der Waals surface area contributed by atoms with E-state index in [9.17, 15) is 0 Å². The maximum atomic E-state index is 6.14. The highest BCUT2D eigenvalue weighted by Crippen LogP contribution is 2.22. The number of para-hydroxylation sites is 1. The molecule has 0 amide bonds. The van der Waals surface area contributed by atoms with Gasteiger partial charge in [-0.2, -0.15) is 0 Å². The van der Waals surface area contributed by atoms with Crippen LogP contribution in [-0.2, 0) is 13.1 Å². The lowest BCUT2D eigenvalue weighted by Gasteiger charge is -2.21. The molecule has 116 valence electrons. The largest absolute Gasteiger partial charge is 0.347 e. The zero-order chi connectivity index (χ0) is 15.4. The molecule has 1 atom stereocenters. The lowest BCUT2D eigenvalue weighted by Crippen LogP contribution is -2.31. The Hall–Kier alpha value is -1.32. The lowest BCUT2D eigenvalue weighted by atomic mass is 10.0. The van der Waals surface area contributed by atoms with Crippen LogP contribution in [0.2, 0.25) is 0 Å². The van der Waals surface area contributed by atoms with Crippen molar-refractivity contribution in [1.82, 2.24) is 9.47 Å². The van der Waals surface area contributed by atoms with Crippen molar-refractivity contribution < 1.29 is 0 Å². The fraction of sp³-hybridized carbons (Fsp3) is 0.556. The Morgan fingerprint density at radius 3 is 2.62 bits per heavy atom. The minimum atomic E-state index is 0.296. The van der Waals surface area contributed by atoms with E-state index in [0.717, 1.165) is 26.1 Å². The summed E-state index contributed by atoms with van der Waals surface area (Å²) in [5, 5.41) is 1.37. The summed E-state index contributed by atoms with van der Waals surface area (Å²) in [6.45, 7) is 9.63. The summed E-state index contributed by atoms with van der Waals surface area (Å²) in [4.78, 5) is 2.38. The summed E-state index contributed by atoms with van der Waals surface area (Å²) in [7, 11) is 2.19. The molecule has 0 saturated carbocycles. The fourth-order valence-corrected chi connectivity index (χ4v) is 2.78. The highest BCUT2D eigenvalue weighted by molar-refractivity contribution is 5.83. The molecule has 2 rings (SSSR count). The molecular formula is C18H29N3. The molecule has 0 aliphatic heterocycles. The van der Waals surface area contributed by atoms with Crippen LogP contribution in [0.5, 0.6) is 0 Å². The SMILES string of the molecule is CCn1cc(CN(C)CCC(N)C(C)C)c2ccccc21. The molecule has 0 fully saturated rings. The standard InChI is InChI=1S/C18H29N3/c1-5-21-13-15(16-8-6-7-9-18(16)21)12-20(4)11-10-17(19)14(2)3/h6-9,13-14,17H,5,10-12,19H2,1-4H3. The van der Waals surface area contributed by atoms with Crippen molar-refractivity contribution in [2.75, 3.05) is 13.6 Å². The maximum Gasteiger partial charge on any atom is 0.0483 e. The Labute approximate surface area is 128 Å². The number of hydrogen-bond donors (Lipinski definition) is 1. The van der Waals surface area contributed by atoms with Gasteiger partial charge >= 0.3 is 0 Å². The zero-order valence-corrected chi connectivity index (χ0v) is 13.8. The topological polar surface area (TPSA) is 34.2 Å². The summed E-state index contributed by atoms with van der Waals surface area (Å²) < 4.78 is 2.33. The van der Waals surface area contributed by atoms with E-state index in [1.54, 1.807) is 0 Å². The first-order valence-electron chi connectivity index (χ1n) is 8.03. The molecule has 0 aliphatic rings. The number of fused-ring (bicyclic) bond motifs is 1. The predicted octanol–water partition coefficient (Wildman–Crippen LogP) is 3.47. The minimum absolute atomic E-state index is 0.296. The second-order valence-electron chi connectivity index (χ2n) is 6.39. The zero-order valence-electron chi connectivity index (χ0n) is 13.8. The van der Waals surface area contributed by atoms with Gasteiger partial charge in [-0.15, -0.1) is 0 Å². The molecule has 3 heteroatoms. The molecular weight excluding hydrogens is 258 g/mol. The number of benzene rings is 1. The van der Waals surface area contributed by atoms with Crippen molar-refractivity contribution in [3.63, 3.8) is 0 Å². The van der Waals surface area contributed by atoms with Gasteiger partial charge < -0.3 is 15.2 Å². The Balaban J connectivity index is 2.06. The molecule has 1 heterocycles. The molecule has 0 radical (unpaired) electrons. The van der Waals surface area contributed by atoms with Gasteiger partial charge in [0, 0.05) is 36.2 Å². The summed E-state index contributed by atoms with van der Waals surface area (Å²) in [6, 6.07) is 8.97. The van der Waals surface area contributed by atoms with Crippen molar-refractivity contribution >= 4 is 10.9 Å². The van der Waals surface area contributed by atoms with Gasteiger partial charge in [0.2, 0.25) is 0 Å². The molecule has 0 spiro atoms. The molecule has 1 unspecified atom stereocenters. The van der Waals surface area contributed by atoms with Crippen LogP contribution in [0.1, 0.15) is 32.8 Å². The maximum absolute atomic E-state index is 6.14. The van der Waals surface area contributed by atoms with E-state index in [-0.39, 0.29) is 0 Å². The second kappa shape index (κ2) is 7.10. The van der Waals surface area contributed by atoms with Crippen LogP contribution < -0.4 is 5.73 Å². The highest BCUT2D eigenvalue weighted by atomic mass is 15.1. The van der Waals surface area contributed by atoms with E-state index in [4.69, 9.17) is 5.73 Å². The highest BCUT2D eigenvalue weighted by Gasteiger charge is 2.12. The predicted molar refractivity (Wildman–Crippen MR) is 91.4 cm³/mol. The molecule has 2 aromatic rings. The van der Waals surface area contributed by atoms with Crippen molar-refractivity contribution in [3.05, 3.63) is 36.0 Å². The van der Waals surface area contributed by atoms with Crippen LogP contribution in [0.25, 0.3) is 10.9 Å². The van der Waals surface area contributed by atoms with Gasteiger partial charge in [-0.25, -0.2) is 0 Å². The first kappa shape index (κ1) is 16.1. The Kier molecular flexibility index (Phi) is 5.43. The van der Waals surface area contributed by atoms with Crippen LogP contribution in [-0.4, -0.2) is 29.1 Å². The lowest BCUT2D eigenvalue weighted by molar-refractivity contribution is 0.297. The van der Waals surface area contributed by atoms with Crippen molar-refractivity contribution in [1.29, 1.82) is 0 Å². The third-order valence-corrected chi connectivity index (χ3v) is 4.35. The van der Waals surface area contributed by atoms with Crippen LogP contribution >= 0.6 is 0 Å². The normalized spacial score (nSPS) is 13.5. The smallest absolute Gasteiger partial charge is 0.0483 e. The number of nitrogens with two attached hydrogens (primary N) is 1. The molecule has 0 bridgehead atoms. The van der Waals surface area contributed by atoms with E-state index in [2.05, 4.69) is 67.7 Å². The summed E-state index contributed by atoms with van der Waals surface area (Å²) >= 11 is 0. The van der Waals surface area contributed by atoms with Crippen LogP contribution in [0.4, 0.5) is 0 Å². The van der Waals surface area contributed by atoms with E-state index in [1.165, 1.54) is 16.5 Å². The van der Waals surface area contributed by atoms with E-state index in [1.807, 2.05) is 0 Å². The average molecular weight is 287 g/mol. The van der Waals surface area contributed by atoms with Gasteiger partial charge in [0.25, 0.3) is 0 Å². The first-order valence-corrected chi connectivity index (χ1v) is 8.03. The Bertz CT molecular complexity index is 571. The van der Waals surface area contributed by atoms with Crippen molar-refractivity contribution in [2.24, 2.45) is 11.7 Å². The van der Waals surface area contributed by atoms with Crippen LogP contribution in [0.15, 0.2) is 30.5 Å². The van der Waals surface area contributed by atoms with Gasteiger partial charge in [0.1, 0.15) is 0 Å². The van der Waals surface area contributed by atoms with Crippen LogP contribution in [0.3, 0.4) is 0 Å². The number of nitrogens with zero attached hydrogens (tertiary/aromatic N) is 2. The summed E-state index contributed by atoms with van der Waals surface area (Å²) in [5.74, 6) is 0.556. The summed E-state index contributed by atoms with van der Waals surface area (Å²) in [5.41, 5.74) is 8.89. The molecule has 1 aromatic carbocycles. The average Bonchev–Trinajstić information content (AvgIpc) is 2.83. The molecule has 2 N–H and O–H groups in total. The second-order valence-corrected chi connectivity index (χ2v) is 6.39. The van der Waals surface area contributed by atoms with Crippen molar-refractivity contribution in [2.45, 2.75) is 46.3 Å². The molecule has 1 aromatic heterocycles. The Morgan fingerprint density at radius 1 is 1.24 bits per heavy atom. The number of rotatable bonds is 7. The quantitative estimate of drug-likeness (QED) is 0.846. The number of aryl methyl sites for hydroxylation is 1. The molecule has 3 nitrogen and oxygen atoms in total. The monoisotopic (exact) mass is 287 g/mol. The van der Waals surface area contributed by atoms with Gasteiger partial charge in [-0.1, -0.05) is 32.0 Å². The van der Waals surface area contributed by atoms with Gasteiger partial charge in [-0.05, 0) is 44.5 Å². The van der Waals surface area contributed by atoms with Crippen molar-refractivity contribution in [3.8, 4) is 0 Å². The van der Waals surface area contributed by atoms with E-state index in [0.29, 0.717) is 12.0 Å². The van der Waals surface area contributed by atoms with Gasteiger partial charge in [0.05, 0.1) is 0 Å². The minimum Gasteiger partial charge on any atom is -0.347 e. The molecule has 0 aliphatic carbocycles. The Morgan fingerprint density at radius 2 is 1.95 bits per heavy atom. The van der Waals surface area contributed by atoms with E-state index < -0.39 is 0 Å². The number of hydrogen-bond acceptors (Lipinski definition) is 2. The number of aromatic nitrogens is 1. The summed E-state index contributed by atoms with van der Waals surface area (Å²) in [6.07, 6.45) is 3.35. The van der Waals surface area contributed by atoms with Gasteiger partial charge in [-0.3, -0.25) is 0 Å². The third-order valence-electron chi connectivity index (χ3n) is 4.35. The third kappa shape index (κ3) is 3.86. The van der Waals surface area contributed by atoms with Crippen LogP contribution in [0, 0.1) is 5.92 Å². The molecule has 21 heavy (non-hydrogen) atoms. The molecule has 0 saturated heterocycles. The van der Waals surface area contributed by atoms with E-state index >= 15 is 0 Å². The fourth-order valence-electron chi connectivity index (χ4n) is 2.78. The first-order chi connectivity index (χ1) is 10.0.